The first kappa shape index (κ1) is 79.8. The van der Waals surface area contributed by atoms with Crippen LogP contribution in [0, 0.1) is 17.8 Å². The summed E-state index contributed by atoms with van der Waals surface area (Å²) < 4.78 is 76.0. The fourth-order valence-electron chi connectivity index (χ4n) is 12.8. The van der Waals surface area contributed by atoms with Crippen LogP contribution in [0.25, 0.3) is 12.2 Å². The Balaban J connectivity index is 0.937. The molecule has 0 saturated carbocycles. The van der Waals surface area contributed by atoms with E-state index in [1.807, 2.05) is 0 Å². The van der Waals surface area contributed by atoms with Crippen LogP contribution in [-0.2, 0) is 74.4 Å². The Morgan fingerprint density at radius 3 is 1.81 bits per heavy atom. The van der Waals surface area contributed by atoms with E-state index < -0.39 is 97.9 Å². The summed E-state index contributed by atoms with van der Waals surface area (Å²) in [7, 11) is -7.71. The number of nitrogens with zero attached hydrogens (tertiary/aromatic N) is 5. The molecule has 8 rings (SSSR count). The molecule has 0 unspecified atom stereocenters. The summed E-state index contributed by atoms with van der Waals surface area (Å²) >= 11 is 0. The van der Waals surface area contributed by atoms with E-state index in [2.05, 4.69) is 21.3 Å². The van der Waals surface area contributed by atoms with Gasteiger partial charge in [-0.3, -0.25) is 38.5 Å². The molecule has 28 nitrogen and oxygen atoms in total. The number of unbranched alkanes of at least 4 members (excludes halogenated alkanes) is 2. The number of urea groups is 1. The van der Waals surface area contributed by atoms with E-state index in [1.165, 1.54) is 68.7 Å². The lowest BCUT2D eigenvalue weighted by Crippen LogP contribution is -2.54. The van der Waals surface area contributed by atoms with Gasteiger partial charge in [-0.25, -0.2) is 31.2 Å². The van der Waals surface area contributed by atoms with Gasteiger partial charge in [0, 0.05) is 119 Å². The Hall–Kier alpha value is -8.94. The molecule has 6 atom stereocenters. The maximum atomic E-state index is 14.7. The van der Waals surface area contributed by atoms with E-state index in [1.54, 1.807) is 86.7 Å². The van der Waals surface area contributed by atoms with Gasteiger partial charge in [-0.1, -0.05) is 62.7 Å². The zero-order chi connectivity index (χ0) is 74.4. The number of sulfonamides is 2. The molecule has 0 aliphatic carbocycles. The summed E-state index contributed by atoms with van der Waals surface area (Å²) in [4.78, 5) is 136. The van der Waals surface area contributed by atoms with Crippen molar-refractivity contribution in [3.8, 4) is 0 Å². The van der Waals surface area contributed by atoms with Crippen LogP contribution in [0.1, 0.15) is 128 Å². The van der Waals surface area contributed by atoms with Gasteiger partial charge >= 0.3 is 18.2 Å². The Morgan fingerprint density at radius 1 is 0.670 bits per heavy atom. The van der Waals surface area contributed by atoms with Crippen LogP contribution < -0.4 is 27.0 Å². The molecular weight excluding hydrogens is 1370 g/mol. The Morgan fingerprint density at radius 2 is 1.24 bits per heavy atom. The normalized spacial score (nSPS) is 20.7. The quantitative estimate of drug-likeness (QED) is 0.0195. The van der Waals surface area contributed by atoms with E-state index >= 15 is 0 Å². The van der Waals surface area contributed by atoms with Gasteiger partial charge in [-0.05, 0) is 162 Å². The molecule has 5 heterocycles. The number of Topliss-reactive ketones (excluding diaryl/α,β-unsaturated/α-hetero) is 2. The van der Waals surface area contributed by atoms with E-state index in [4.69, 9.17) is 19.9 Å². The summed E-state index contributed by atoms with van der Waals surface area (Å²) in [5.41, 5.74) is 7.32. The molecule has 3 aromatic rings. The van der Waals surface area contributed by atoms with Gasteiger partial charge in [-0.15, -0.1) is 0 Å². The second-order valence-electron chi connectivity index (χ2n) is 26.7. The van der Waals surface area contributed by atoms with Crippen LogP contribution in [0.15, 0.2) is 118 Å². The van der Waals surface area contributed by atoms with Crippen LogP contribution in [-0.4, -0.2) is 208 Å². The summed E-state index contributed by atoms with van der Waals surface area (Å²) in [5.74, 6) is -5.37. The van der Waals surface area contributed by atoms with Gasteiger partial charge in [0.15, 0.2) is 11.6 Å². The van der Waals surface area contributed by atoms with E-state index in [0.717, 1.165) is 30.6 Å². The number of aliphatic hydroxyl groups excluding tert-OH is 1. The second kappa shape index (κ2) is 38.0. The fraction of sp³-hybridized carbons (Fsp3) is 0.507. The first-order valence-electron chi connectivity index (χ1n) is 35.2. The van der Waals surface area contributed by atoms with Crippen molar-refractivity contribution in [1.82, 2.24) is 39.3 Å². The molecule has 0 spiro atoms. The van der Waals surface area contributed by atoms with Crippen molar-refractivity contribution in [2.75, 3.05) is 84.0 Å². The molecule has 5 aliphatic heterocycles. The molecule has 0 radical (unpaired) electrons. The minimum atomic E-state index is -3.88. The maximum Gasteiger partial charge on any atom is 0.410 e. The number of rotatable bonds is 29. The van der Waals surface area contributed by atoms with Gasteiger partial charge in [0.25, 0.3) is 11.8 Å². The lowest BCUT2D eigenvalue weighted by atomic mass is 9.83. The first-order valence-corrected chi connectivity index (χ1v) is 38.1. The molecule has 30 heteroatoms. The number of ether oxygens (including phenoxy) is 3. The largest absolute Gasteiger partial charge is 0.445 e. The number of nitrogens with one attached hydrogen (secondary N) is 4. The van der Waals surface area contributed by atoms with Crippen LogP contribution in [0.4, 0.5) is 20.1 Å². The van der Waals surface area contributed by atoms with Crippen LogP contribution >= 0.6 is 0 Å². The Kier molecular flexibility index (Phi) is 29.4. The number of carbonyl (C=O) groups excluding carboxylic acids is 10. The zero-order valence-electron chi connectivity index (χ0n) is 58.8. The van der Waals surface area contributed by atoms with Gasteiger partial charge in [0.05, 0.1) is 22.5 Å². The van der Waals surface area contributed by atoms with E-state index in [-0.39, 0.29) is 142 Å². The zero-order valence-corrected chi connectivity index (χ0v) is 60.5. The fourth-order valence-corrected chi connectivity index (χ4v) is 15.9. The summed E-state index contributed by atoms with van der Waals surface area (Å²) in [6, 6.07) is 16.0. The average Bonchev–Trinajstić information content (AvgIpc) is 1.74. The third kappa shape index (κ3) is 23.0. The highest BCUT2D eigenvalue weighted by Gasteiger charge is 2.36. The number of imide groups is 1. The molecule has 103 heavy (non-hydrogen) atoms. The number of benzene rings is 3. The minimum absolute atomic E-state index is 0.0133. The van der Waals surface area contributed by atoms with Crippen molar-refractivity contribution < 1.29 is 84.1 Å². The number of anilines is 1. The molecular formula is C73H96N10O18S2. The van der Waals surface area contributed by atoms with Crippen LogP contribution in [0.2, 0.25) is 0 Å². The second-order valence-corrected chi connectivity index (χ2v) is 30.6. The van der Waals surface area contributed by atoms with Crippen molar-refractivity contribution >= 4 is 97.2 Å². The van der Waals surface area contributed by atoms with Crippen molar-refractivity contribution in [3.63, 3.8) is 0 Å². The van der Waals surface area contributed by atoms with Crippen molar-refractivity contribution in [2.45, 2.75) is 152 Å². The molecule has 7 N–H and O–H groups in total. The molecule has 3 fully saturated rings. The highest BCUT2D eigenvalue weighted by atomic mass is 32.2. The number of hydrogen-bond donors (Lipinski definition) is 6. The standard InChI is InChI=1S/C73H96N10O18S2/c1-49(2)68(78-65(87)20-6-5-7-37-83-66(88)29-30-67(83)89)70(91)77-63(19-14-32-75-71(74)92)69(90)76-56-24-21-52(22-25-56)47-100-72(93)79-38-40-80(41-39-79)73(94)101-64-28-23-55(61(50(3)84)45-53-15-12-17-58(43-53)102(95,96)81-33-8-9-34-81)48-99-42-31-57(86)26-27-60(64)62(51(4)85)46-54-16-13-18-59(44-54)103(97,98)82-35-10-11-36-82/h12-13,15-18,21-25,28-30,43-46,49,55,57,60,63-64,68,86H,5-11,14,19-20,26-27,31-42,47-48H2,1-4H3,(H,76,90)(H,77,91)(H,78,87)(H3,74,75,92)/b28-23+,61-45-,62-46-/t55-,57-,60+,63+,64-,68+/m1/s1. The van der Waals surface area contributed by atoms with Gasteiger partial charge in [0.2, 0.25) is 37.8 Å². The molecule has 3 saturated heterocycles. The number of nitrogens with two attached hydrogens (primary N) is 1. The molecule has 3 aromatic carbocycles. The Labute approximate surface area is 601 Å². The number of amides is 9. The number of hydrogen-bond acceptors (Lipinski definition) is 18. The number of ketones is 2. The number of primary amides is 1. The van der Waals surface area contributed by atoms with Crippen LogP contribution in [0.3, 0.4) is 0 Å². The lowest BCUT2D eigenvalue weighted by molar-refractivity contribution is -0.137. The van der Waals surface area contributed by atoms with Crippen molar-refractivity contribution in [1.29, 1.82) is 0 Å². The third-order valence-corrected chi connectivity index (χ3v) is 22.5. The molecule has 5 aliphatic rings. The van der Waals surface area contributed by atoms with Gasteiger partial charge in [0.1, 0.15) is 24.8 Å². The first-order chi connectivity index (χ1) is 49.2. The topological polar surface area (TPSA) is 377 Å². The maximum absolute atomic E-state index is 14.7. The Bertz CT molecular complexity index is 3900. The summed E-state index contributed by atoms with van der Waals surface area (Å²) in [6.07, 6.45) is 10.2. The van der Waals surface area contributed by atoms with Crippen molar-refractivity contribution in [2.24, 2.45) is 23.5 Å². The lowest BCUT2D eigenvalue weighted by Gasteiger charge is -2.35. The molecule has 9 amide bonds. The van der Waals surface area contributed by atoms with E-state index in [0.29, 0.717) is 67.8 Å². The molecule has 0 aromatic heterocycles. The monoisotopic (exact) mass is 1460 g/mol. The number of piperazine rings is 1. The SMILES string of the molecule is CC(=O)/C(=C/c1cccc(S(=O)(=O)N2CCCC2)c1)[C@@H]1/C=C/[C@@H](OC(=O)N2CCN(C(=O)OCc3ccc(NC(=O)[C@H](CCCNC(N)=O)NC(=O)[C@@H](NC(=O)CCCCCN4C(=O)C=CC4=O)C(C)C)cc3)CC2)[C@H](/C(=C\c2cccc(S(=O)(=O)N3CCCC3)c2)C(C)=O)CC[C@@H](O)CCOC1. The van der Waals surface area contributed by atoms with Crippen molar-refractivity contribution in [3.05, 3.63) is 125 Å². The minimum Gasteiger partial charge on any atom is -0.445 e. The predicted octanol–water partition coefficient (Wildman–Crippen LogP) is 6.21. The number of aliphatic hydroxyl groups is 1. The number of carbonyl (C=O) groups is 10. The molecule has 0 bridgehead atoms. The highest BCUT2D eigenvalue weighted by molar-refractivity contribution is 7.89. The van der Waals surface area contributed by atoms with Gasteiger partial charge < -0.3 is 56.1 Å². The summed E-state index contributed by atoms with van der Waals surface area (Å²) in [6.45, 7) is 7.88. The smallest absolute Gasteiger partial charge is 0.410 e. The third-order valence-electron chi connectivity index (χ3n) is 18.7. The summed E-state index contributed by atoms with van der Waals surface area (Å²) in [5, 5.41) is 22.2. The van der Waals surface area contributed by atoms with E-state index in [9.17, 15) is 69.9 Å². The predicted molar refractivity (Wildman–Crippen MR) is 382 cm³/mol. The molecule has 558 valence electrons. The van der Waals surface area contributed by atoms with Gasteiger partial charge in [-0.2, -0.15) is 8.61 Å². The highest BCUT2D eigenvalue weighted by Crippen LogP contribution is 2.33. The average molecular weight is 1470 g/mol. The van der Waals surface area contributed by atoms with Crippen LogP contribution in [0.5, 0.6) is 0 Å².